The average molecular weight is 492 g/mol. The van der Waals surface area contributed by atoms with Gasteiger partial charge < -0.3 is 25.0 Å². The number of carbonyl (C=O) groups excluding carboxylic acids is 1. The summed E-state index contributed by atoms with van der Waals surface area (Å²) in [6, 6.07) is 9.40. The summed E-state index contributed by atoms with van der Waals surface area (Å²) in [6.07, 6.45) is -2.15. The Balaban J connectivity index is 1.75. The number of unbranched alkanes of at least 4 members (excludes halogenated alkanes) is 2. The highest BCUT2D eigenvalue weighted by molar-refractivity contribution is 6.00. The predicted molar refractivity (Wildman–Crippen MR) is 125 cm³/mol. The molecule has 188 valence electrons. The molecular formula is C24H27F3N4O4. The van der Waals surface area contributed by atoms with Gasteiger partial charge in [-0.15, -0.1) is 0 Å². The molecule has 0 atom stereocenters. The van der Waals surface area contributed by atoms with Crippen molar-refractivity contribution in [3.63, 3.8) is 0 Å². The Kier molecular flexibility index (Phi) is 8.69. The van der Waals surface area contributed by atoms with Gasteiger partial charge in [0.05, 0.1) is 24.4 Å². The third-order valence-electron chi connectivity index (χ3n) is 5.26. The van der Waals surface area contributed by atoms with E-state index in [1.165, 1.54) is 16.7 Å². The summed E-state index contributed by atoms with van der Waals surface area (Å²) >= 11 is 0. The molecule has 0 bridgehead atoms. The Morgan fingerprint density at radius 3 is 2.66 bits per heavy atom. The van der Waals surface area contributed by atoms with Gasteiger partial charge >= 0.3 is 12.2 Å². The van der Waals surface area contributed by atoms with Crippen LogP contribution in [0.3, 0.4) is 0 Å². The van der Waals surface area contributed by atoms with E-state index in [1.54, 1.807) is 24.3 Å². The molecule has 3 rings (SSSR count). The predicted octanol–water partition coefficient (Wildman–Crippen LogP) is 4.30. The number of hydrogen-bond donors (Lipinski definition) is 3. The normalized spacial score (nSPS) is 11.5. The second-order valence-electron chi connectivity index (χ2n) is 7.81. The van der Waals surface area contributed by atoms with Gasteiger partial charge in [-0.3, -0.25) is 4.79 Å². The van der Waals surface area contributed by atoms with Crippen LogP contribution in [0.5, 0.6) is 5.88 Å². The molecule has 0 saturated carbocycles. The van der Waals surface area contributed by atoms with E-state index in [4.69, 9.17) is 4.74 Å². The molecule has 0 unspecified atom stereocenters. The smallest absolute Gasteiger partial charge is 0.433 e. The first kappa shape index (κ1) is 26.0. The number of aromatic nitrogens is 2. The lowest BCUT2D eigenvalue weighted by atomic mass is 10.1. The minimum atomic E-state index is -4.62. The number of ether oxygens (including phenoxy) is 1. The molecule has 0 fully saturated rings. The summed E-state index contributed by atoms with van der Waals surface area (Å²) in [5.41, 5.74) is -0.0815. The number of nitrogens with one attached hydrogen (secondary N) is 2. The van der Waals surface area contributed by atoms with Gasteiger partial charge in [-0.2, -0.15) is 13.2 Å². The van der Waals surface area contributed by atoms with E-state index in [0.717, 1.165) is 18.9 Å². The van der Waals surface area contributed by atoms with Gasteiger partial charge in [0.2, 0.25) is 5.88 Å². The van der Waals surface area contributed by atoms with Gasteiger partial charge in [-0.25, -0.2) is 9.78 Å². The van der Waals surface area contributed by atoms with E-state index in [9.17, 15) is 27.9 Å². The fourth-order valence-corrected chi connectivity index (χ4v) is 3.52. The van der Waals surface area contributed by atoms with Crippen molar-refractivity contribution >= 4 is 22.6 Å². The van der Waals surface area contributed by atoms with Crippen LogP contribution in [0.2, 0.25) is 0 Å². The Labute approximate surface area is 199 Å². The van der Waals surface area contributed by atoms with E-state index >= 15 is 0 Å². The van der Waals surface area contributed by atoms with Crippen molar-refractivity contribution in [1.82, 2.24) is 14.9 Å². The van der Waals surface area contributed by atoms with Crippen LogP contribution >= 0.6 is 0 Å². The van der Waals surface area contributed by atoms with Crippen molar-refractivity contribution in [2.24, 2.45) is 0 Å². The van der Waals surface area contributed by atoms with Crippen LogP contribution in [0.1, 0.15) is 37.4 Å². The Bertz CT molecular complexity index is 1230. The zero-order valence-electron chi connectivity index (χ0n) is 19.2. The van der Waals surface area contributed by atoms with Crippen LogP contribution in [0.4, 0.5) is 23.7 Å². The van der Waals surface area contributed by atoms with Crippen LogP contribution in [-0.4, -0.2) is 33.9 Å². The maximum atomic E-state index is 13.1. The van der Waals surface area contributed by atoms with Crippen molar-refractivity contribution in [1.29, 1.82) is 0 Å². The minimum absolute atomic E-state index is 0.105. The monoisotopic (exact) mass is 492 g/mol. The Morgan fingerprint density at radius 2 is 1.94 bits per heavy atom. The van der Waals surface area contributed by atoms with E-state index < -0.39 is 17.9 Å². The number of benzene rings is 1. The fraction of sp³-hybridized carbons (Fsp3) is 0.375. The minimum Gasteiger partial charge on any atom is -0.477 e. The molecule has 3 N–H and O–H groups in total. The lowest BCUT2D eigenvalue weighted by Gasteiger charge is -2.15. The van der Waals surface area contributed by atoms with Crippen LogP contribution < -0.4 is 20.9 Å². The summed E-state index contributed by atoms with van der Waals surface area (Å²) < 4.78 is 46.2. The Morgan fingerprint density at radius 1 is 1.14 bits per heavy atom. The second kappa shape index (κ2) is 11.7. The molecule has 2 heterocycles. The van der Waals surface area contributed by atoms with Crippen molar-refractivity contribution in [3.05, 3.63) is 64.1 Å². The number of anilines is 1. The molecule has 1 aromatic carbocycles. The summed E-state index contributed by atoms with van der Waals surface area (Å²) in [4.78, 5) is 28.3. The molecule has 0 radical (unpaired) electrons. The van der Waals surface area contributed by atoms with Crippen LogP contribution in [-0.2, 0) is 19.3 Å². The molecule has 11 heteroatoms. The second-order valence-corrected chi connectivity index (χ2v) is 7.81. The maximum absolute atomic E-state index is 13.1. The van der Waals surface area contributed by atoms with Gasteiger partial charge in [0.1, 0.15) is 5.69 Å². The molecule has 0 saturated heterocycles. The number of rotatable bonds is 10. The highest BCUT2D eigenvalue weighted by Gasteiger charge is 2.33. The van der Waals surface area contributed by atoms with Gasteiger partial charge in [-0.05, 0) is 36.8 Å². The first-order valence-corrected chi connectivity index (χ1v) is 11.2. The van der Waals surface area contributed by atoms with Crippen molar-refractivity contribution < 1.29 is 27.8 Å². The highest BCUT2D eigenvalue weighted by atomic mass is 19.4. The van der Waals surface area contributed by atoms with Crippen LogP contribution in [0, 0.1) is 0 Å². The molecule has 3 aromatic rings. The first-order valence-electron chi connectivity index (χ1n) is 11.2. The van der Waals surface area contributed by atoms with Crippen LogP contribution in [0.15, 0.2) is 47.3 Å². The van der Waals surface area contributed by atoms with Crippen LogP contribution in [0.25, 0.3) is 10.9 Å². The number of nitrogens with zero attached hydrogens (tertiary/aromatic N) is 2. The number of amides is 2. The quantitative estimate of drug-likeness (QED) is 0.366. The van der Waals surface area contributed by atoms with Crippen molar-refractivity contribution in [2.75, 3.05) is 18.5 Å². The zero-order valence-corrected chi connectivity index (χ0v) is 19.2. The van der Waals surface area contributed by atoms with Gasteiger partial charge in [0.15, 0.2) is 0 Å². The van der Waals surface area contributed by atoms with Gasteiger partial charge in [0, 0.05) is 30.1 Å². The number of alkyl halides is 3. The number of carbonyl (C=O) groups is 1. The number of aliphatic hydroxyl groups is 1. The molecule has 0 aliphatic carbocycles. The number of hydrogen-bond acceptors (Lipinski definition) is 5. The highest BCUT2D eigenvalue weighted by Crippen LogP contribution is 2.30. The third kappa shape index (κ3) is 6.72. The summed E-state index contributed by atoms with van der Waals surface area (Å²) in [7, 11) is 0. The van der Waals surface area contributed by atoms with Gasteiger partial charge in [0.25, 0.3) is 5.56 Å². The van der Waals surface area contributed by atoms with Crippen molar-refractivity contribution in [2.45, 2.75) is 45.5 Å². The number of fused-ring (bicyclic) bond motifs is 1. The van der Waals surface area contributed by atoms with Crippen molar-refractivity contribution in [3.8, 4) is 5.88 Å². The largest absolute Gasteiger partial charge is 0.477 e. The molecular weight excluding hydrogens is 465 g/mol. The third-order valence-corrected chi connectivity index (χ3v) is 5.26. The van der Waals surface area contributed by atoms with E-state index in [0.29, 0.717) is 28.6 Å². The number of urea groups is 1. The van der Waals surface area contributed by atoms with Gasteiger partial charge in [-0.1, -0.05) is 25.8 Å². The molecule has 35 heavy (non-hydrogen) atoms. The number of aliphatic hydroxyl groups excluding tert-OH is 1. The molecule has 2 amide bonds. The topological polar surface area (TPSA) is 105 Å². The summed E-state index contributed by atoms with van der Waals surface area (Å²) in [6.45, 7) is 1.99. The maximum Gasteiger partial charge on any atom is 0.433 e. The SMILES string of the molecule is CCCCCOc1nc(C(F)(F)F)ccc1CNC(=O)Nc1cccc2c1ccc(=O)n2CCO. The summed E-state index contributed by atoms with van der Waals surface area (Å²) in [5.74, 6) is -0.172. The lowest BCUT2D eigenvalue weighted by Crippen LogP contribution is -2.29. The molecule has 0 aliphatic heterocycles. The molecule has 8 nitrogen and oxygen atoms in total. The molecule has 0 spiro atoms. The fourth-order valence-electron chi connectivity index (χ4n) is 3.52. The molecule has 2 aromatic heterocycles. The average Bonchev–Trinajstić information content (AvgIpc) is 2.82. The molecule has 0 aliphatic rings. The van der Waals surface area contributed by atoms with E-state index in [2.05, 4.69) is 15.6 Å². The number of halogens is 3. The standard InChI is InChI=1S/C24H27F3N4O4/c1-2-3-4-14-35-22-16(8-10-20(30-22)24(25,26)27)15-28-23(34)29-18-6-5-7-19-17(18)9-11-21(33)31(19)12-13-32/h5-11,32H,2-4,12-15H2,1H3,(H2,28,29,34). The van der Waals surface area contributed by atoms with E-state index in [1.807, 2.05) is 6.92 Å². The zero-order chi connectivity index (χ0) is 25.4. The van der Waals surface area contributed by atoms with E-state index in [-0.39, 0.29) is 37.7 Å². The number of pyridine rings is 2. The Hall–Kier alpha value is -3.60. The first-order chi connectivity index (χ1) is 16.7. The lowest BCUT2D eigenvalue weighted by molar-refractivity contribution is -0.141. The summed E-state index contributed by atoms with van der Waals surface area (Å²) in [5, 5.41) is 15.1.